The maximum Gasteiger partial charge on any atom is 0.231 e. The fourth-order valence-corrected chi connectivity index (χ4v) is 7.54. The molecule has 6 N–H and O–H groups in total. The van der Waals surface area contributed by atoms with Gasteiger partial charge in [-0.3, -0.25) is 0 Å². The number of hydrogen-bond donors (Lipinski definition) is 6. The molecule has 4 aliphatic rings. The third-order valence-corrected chi connectivity index (χ3v) is 10.2. The standard InChI is InChI=1S/C21H24O7.C18H14NO2/c1-9-2-10-3-12-6-15(23)16(24)7-13(12)4-11(10)5-14(9)21-20(27)19(26)18(25)17(8-22)28-21;1-2-4-14-10-19-6-5-13-8-17-18(21-11-20-17)9-15(13)16(19)7-12(14)3-1/h2,5-7,17-27H,3-4,8H2,1H3;1-4,7-10H,5-6,11H2/q;+1/t17-,18-,19+,20-,21+;/m1./s1. The molecule has 4 heterocycles. The molecule has 0 saturated carbocycles. The van der Waals surface area contributed by atoms with Crippen molar-refractivity contribution < 1.29 is 49.4 Å². The predicted octanol–water partition coefficient (Wildman–Crippen LogP) is 3.50. The lowest BCUT2D eigenvalue weighted by Crippen LogP contribution is -2.55. The highest BCUT2D eigenvalue weighted by atomic mass is 16.7. The number of aryl methyl sites for hydroxylation is 3. The second-order valence-electron chi connectivity index (χ2n) is 13.3. The molecule has 10 heteroatoms. The van der Waals surface area contributed by atoms with Crippen molar-refractivity contribution in [3.05, 3.63) is 112 Å². The van der Waals surface area contributed by atoms with E-state index in [1.165, 1.54) is 27.6 Å². The summed E-state index contributed by atoms with van der Waals surface area (Å²) in [6.45, 7) is 2.74. The molecule has 0 bridgehead atoms. The van der Waals surface area contributed by atoms with Crippen LogP contribution in [0.15, 0.2) is 72.9 Å². The zero-order valence-electron chi connectivity index (χ0n) is 26.9. The van der Waals surface area contributed by atoms with Gasteiger partial charge in [0.05, 0.1) is 12.2 Å². The molecule has 1 aromatic heterocycles. The molecule has 1 aliphatic carbocycles. The molecule has 0 radical (unpaired) electrons. The lowest BCUT2D eigenvalue weighted by molar-refractivity contribution is -0.686. The van der Waals surface area contributed by atoms with Crippen LogP contribution in [0.3, 0.4) is 0 Å². The largest absolute Gasteiger partial charge is 0.504 e. The van der Waals surface area contributed by atoms with Crippen LogP contribution in [0.5, 0.6) is 23.0 Å². The van der Waals surface area contributed by atoms with Crippen LogP contribution < -0.4 is 14.0 Å². The molecule has 5 atom stereocenters. The minimum Gasteiger partial charge on any atom is -0.504 e. The first-order valence-electron chi connectivity index (χ1n) is 16.5. The van der Waals surface area contributed by atoms with Gasteiger partial charge in [-0.1, -0.05) is 30.3 Å². The third-order valence-electron chi connectivity index (χ3n) is 10.2. The minimum atomic E-state index is -1.42. The van der Waals surface area contributed by atoms with Gasteiger partial charge in [0.2, 0.25) is 12.5 Å². The summed E-state index contributed by atoms with van der Waals surface area (Å²) in [7, 11) is 0. The van der Waals surface area contributed by atoms with E-state index in [4.69, 9.17) is 14.2 Å². The molecule has 0 spiro atoms. The average Bonchev–Trinajstić information content (AvgIpc) is 3.57. The molecule has 1 fully saturated rings. The van der Waals surface area contributed by atoms with Crippen molar-refractivity contribution in [1.82, 2.24) is 0 Å². The molecule has 4 aromatic carbocycles. The number of fused-ring (bicyclic) bond motifs is 7. The first-order valence-corrected chi connectivity index (χ1v) is 16.5. The Balaban J connectivity index is 0.000000147. The number of rotatable bonds is 2. The number of aromatic hydroxyl groups is 2. The van der Waals surface area contributed by atoms with Crippen LogP contribution in [0.1, 0.15) is 45.0 Å². The number of phenolic OH excluding ortho intramolecular Hbond substituents is 2. The van der Waals surface area contributed by atoms with Crippen LogP contribution in [0.4, 0.5) is 0 Å². The molecule has 49 heavy (non-hydrogen) atoms. The van der Waals surface area contributed by atoms with Crippen molar-refractivity contribution in [2.75, 3.05) is 13.4 Å². The van der Waals surface area contributed by atoms with E-state index in [9.17, 15) is 30.6 Å². The van der Waals surface area contributed by atoms with Crippen LogP contribution in [0.2, 0.25) is 0 Å². The highest BCUT2D eigenvalue weighted by molar-refractivity contribution is 5.84. The number of hydrogen-bond acceptors (Lipinski definition) is 9. The van der Waals surface area contributed by atoms with Gasteiger partial charge in [0.15, 0.2) is 35.7 Å². The summed E-state index contributed by atoms with van der Waals surface area (Å²) in [5.74, 6) is 1.43. The van der Waals surface area contributed by atoms with Crippen LogP contribution in [-0.4, -0.2) is 68.5 Å². The molecule has 10 nitrogen and oxygen atoms in total. The van der Waals surface area contributed by atoms with Gasteiger partial charge in [0.25, 0.3) is 0 Å². The number of phenols is 2. The summed E-state index contributed by atoms with van der Waals surface area (Å²) in [6, 6.07) is 22.1. The van der Waals surface area contributed by atoms with Gasteiger partial charge in [0.1, 0.15) is 30.5 Å². The second-order valence-corrected chi connectivity index (χ2v) is 13.3. The number of nitrogens with zero attached hydrogens (tertiary/aromatic N) is 1. The zero-order chi connectivity index (χ0) is 34.0. The van der Waals surface area contributed by atoms with E-state index in [2.05, 4.69) is 53.2 Å². The Morgan fingerprint density at radius 2 is 1.39 bits per heavy atom. The normalized spacial score (nSPS) is 23.1. The fraction of sp³-hybridized carbons (Fsp3) is 0.308. The smallest absolute Gasteiger partial charge is 0.231 e. The number of aliphatic hydroxyl groups is 4. The van der Waals surface area contributed by atoms with Gasteiger partial charge in [-0.2, -0.15) is 4.57 Å². The third kappa shape index (κ3) is 5.55. The summed E-state index contributed by atoms with van der Waals surface area (Å²) in [6.07, 6.45) is -1.55. The van der Waals surface area contributed by atoms with Crippen LogP contribution in [-0.2, 0) is 30.5 Å². The van der Waals surface area contributed by atoms with Crippen molar-refractivity contribution in [3.8, 4) is 34.3 Å². The minimum absolute atomic E-state index is 0.142. The molecule has 1 saturated heterocycles. The Hall–Kier alpha value is -4.71. The lowest BCUT2D eigenvalue weighted by Gasteiger charge is -2.41. The summed E-state index contributed by atoms with van der Waals surface area (Å²) in [4.78, 5) is 0. The summed E-state index contributed by atoms with van der Waals surface area (Å²) >= 11 is 0. The molecule has 5 aromatic rings. The van der Waals surface area contributed by atoms with E-state index in [-0.39, 0.29) is 11.5 Å². The summed E-state index contributed by atoms with van der Waals surface area (Å²) in [5, 5.41) is 62.1. The van der Waals surface area contributed by atoms with Crippen molar-refractivity contribution in [1.29, 1.82) is 0 Å². The van der Waals surface area contributed by atoms with Crippen LogP contribution in [0, 0.1) is 6.92 Å². The number of aliphatic hydroxyl groups excluding tert-OH is 4. The maximum absolute atomic E-state index is 10.5. The number of benzene rings is 4. The summed E-state index contributed by atoms with van der Waals surface area (Å²) in [5.41, 5.74) is 9.32. The number of aromatic nitrogens is 1. The quantitative estimate of drug-likeness (QED) is 0.121. The highest BCUT2D eigenvalue weighted by Crippen LogP contribution is 2.41. The van der Waals surface area contributed by atoms with E-state index < -0.39 is 37.1 Å². The van der Waals surface area contributed by atoms with Gasteiger partial charge in [-0.05, 0) is 94.4 Å². The van der Waals surface area contributed by atoms with Crippen LogP contribution >= 0.6 is 0 Å². The van der Waals surface area contributed by atoms with Crippen molar-refractivity contribution in [2.24, 2.45) is 0 Å². The monoisotopic (exact) mass is 664 g/mol. The first-order chi connectivity index (χ1) is 23.7. The molecule has 0 amide bonds. The topological polar surface area (TPSA) is 153 Å². The van der Waals surface area contributed by atoms with E-state index in [0.717, 1.165) is 52.3 Å². The van der Waals surface area contributed by atoms with Gasteiger partial charge in [0, 0.05) is 17.9 Å². The summed E-state index contributed by atoms with van der Waals surface area (Å²) < 4.78 is 19.1. The van der Waals surface area contributed by atoms with Crippen molar-refractivity contribution in [2.45, 2.75) is 63.3 Å². The van der Waals surface area contributed by atoms with E-state index in [1.807, 2.05) is 19.1 Å². The molecule has 252 valence electrons. The molecule has 9 rings (SSSR count). The highest BCUT2D eigenvalue weighted by Gasteiger charge is 2.44. The zero-order valence-corrected chi connectivity index (χ0v) is 26.9. The fourth-order valence-electron chi connectivity index (χ4n) is 7.54. The number of ether oxygens (including phenoxy) is 3. The Bertz CT molecular complexity index is 2090. The van der Waals surface area contributed by atoms with E-state index >= 15 is 0 Å². The van der Waals surface area contributed by atoms with Crippen LogP contribution in [0.25, 0.3) is 22.0 Å². The average molecular weight is 665 g/mol. The maximum atomic E-state index is 10.5. The van der Waals surface area contributed by atoms with E-state index in [1.54, 1.807) is 12.1 Å². The van der Waals surface area contributed by atoms with Crippen molar-refractivity contribution >= 4 is 10.8 Å². The Morgan fingerprint density at radius 1 is 0.735 bits per heavy atom. The predicted molar refractivity (Wildman–Crippen MR) is 179 cm³/mol. The lowest BCUT2D eigenvalue weighted by atomic mass is 9.81. The van der Waals surface area contributed by atoms with Gasteiger partial charge < -0.3 is 44.8 Å². The second kappa shape index (κ2) is 12.3. The Kier molecular flexibility index (Phi) is 7.93. The van der Waals surface area contributed by atoms with E-state index in [0.29, 0.717) is 25.2 Å². The Labute approximate surface area is 282 Å². The van der Waals surface area contributed by atoms with Crippen molar-refractivity contribution in [3.63, 3.8) is 0 Å². The number of pyridine rings is 1. The molecular formula is C39H38NO9+. The van der Waals surface area contributed by atoms with Gasteiger partial charge in [-0.25, -0.2) is 0 Å². The first kappa shape index (κ1) is 31.6. The SMILES string of the molecule is Cc1cc2c(cc1[C@@H]1O[C@H](CO)[C@@H](O)[C@H](O)[C@H]1O)Cc1cc(O)c(O)cc1C2.c1ccc2c[n+]3c(cc2c1)-c1cc2c(cc1CC3)OCO2. The Morgan fingerprint density at radius 3 is 2.10 bits per heavy atom. The molecule has 0 unspecified atom stereocenters. The molecular weight excluding hydrogens is 626 g/mol. The molecule has 3 aliphatic heterocycles. The van der Waals surface area contributed by atoms with Gasteiger partial charge >= 0.3 is 0 Å². The van der Waals surface area contributed by atoms with Gasteiger partial charge in [-0.15, -0.1) is 0 Å².